The lowest BCUT2D eigenvalue weighted by Crippen LogP contribution is -2.20. The van der Waals surface area contributed by atoms with Gasteiger partial charge in [0.2, 0.25) is 11.8 Å². The summed E-state index contributed by atoms with van der Waals surface area (Å²) < 4.78 is 24.4. The van der Waals surface area contributed by atoms with E-state index >= 15 is 0 Å². The molecule has 0 aliphatic heterocycles. The second-order valence-electron chi connectivity index (χ2n) is 5.40. The van der Waals surface area contributed by atoms with Gasteiger partial charge in [0, 0.05) is 5.56 Å². The highest BCUT2D eigenvalue weighted by Gasteiger charge is 2.22. The number of rotatable bonds is 6. The highest BCUT2D eigenvalue weighted by atomic mass is 35.5. The fraction of sp³-hybridized carbons (Fsp3) is 0.250. The van der Waals surface area contributed by atoms with E-state index < -0.39 is 23.5 Å². The number of carbonyl (C=O) groups is 1. The zero-order valence-corrected chi connectivity index (χ0v) is 14.9. The minimum atomic E-state index is -1.08. The average Bonchev–Trinajstić information content (AvgIpc) is 2.54. The van der Waals surface area contributed by atoms with Gasteiger partial charge in [-0.15, -0.1) is 0 Å². The Labute approximate surface area is 153 Å². The molecule has 2 rings (SSSR count). The molecule has 0 unspecified atom stereocenters. The Hall–Kier alpha value is -2.25. The summed E-state index contributed by atoms with van der Waals surface area (Å²) in [5.74, 6) is -2.06. The van der Waals surface area contributed by atoms with E-state index in [0.29, 0.717) is 5.56 Å². The number of benzene rings is 1. The molecule has 1 aromatic carbocycles. The first-order valence-corrected chi connectivity index (χ1v) is 7.92. The maximum Gasteiger partial charge on any atom is 0.255 e. The molecule has 0 radical (unpaired) electrons. The van der Waals surface area contributed by atoms with E-state index in [1.165, 1.54) is 12.1 Å². The lowest BCUT2D eigenvalue weighted by atomic mass is 10.0. The van der Waals surface area contributed by atoms with Crippen molar-refractivity contribution in [2.45, 2.75) is 19.8 Å². The zero-order valence-electron chi connectivity index (χ0n) is 13.3. The van der Waals surface area contributed by atoms with Crippen LogP contribution in [-0.4, -0.2) is 22.6 Å². The molecule has 2 aromatic rings. The van der Waals surface area contributed by atoms with Crippen LogP contribution in [0.1, 0.15) is 25.3 Å². The van der Waals surface area contributed by atoms with Crippen molar-refractivity contribution in [3.63, 3.8) is 0 Å². The zero-order chi connectivity index (χ0) is 18.7. The van der Waals surface area contributed by atoms with E-state index in [2.05, 4.69) is 4.98 Å². The summed E-state index contributed by atoms with van der Waals surface area (Å²) in [6.45, 7) is 3.24. The molecule has 134 valence electrons. The first-order chi connectivity index (χ1) is 11.7. The number of carbonyl (C=O) groups excluding carboxylic acids is 1. The van der Waals surface area contributed by atoms with E-state index in [-0.39, 0.29) is 34.1 Å². The fourth-order valence-corrected chi connectivity index (χ4v) is 2.43. The fourth-order valence-electron chi connectivity index (χ4n) is 1.98. The Morgan fingerprint density at radius 1 is 1.36 bits per heavy atom. The molecule has 25 heavy (non-hydrogen) atoms. The molecule has 0 saturated heterocycles. The van der Waals surface area contributed by atoms with Gasteiger partial charge in [0.25, 0.3) is 5.91 Å². The number of aromatic nitrogens is 1. The van der Waals surface area contributed by atoms with Gasteiger partial charge in [-0.25, -0.2) is 0 Å². The summed E-state index contributed by atoms with van der Waals surface area (Å²) in [4.78, 5) is 14.2. The highest BCUT2D eigenvalue weighted by Crippen LogP contribution is 2.43. The molecule has 6 nitrogen and oxygen atoms in total. The number of hydrogen-bond acceptors (Lipinski definition) is 5. The number of halogens is 3. The van der Waals surface area contributed by atoms with E-state index in [4.69, 9.17) is 38.4 Å². The lowest BCUT2D eigenvalue weighted by Gasteiger charge is -2.15. The Morgan fingerprint density at radius 3 is 2.64 bits per heavy atom. The molecule has 0 bridgehead atoms. The van der Waals surface area contributed by atoms with Gasteiger partial charge in [0.15, 0.2) is 12.4 Å². The third-order valence-electron chi connectivity index (χ3n) is 3.16. The molecule has 1 amide bonds. The summed E-state index contributed by atoms with van der Waals surface area (Å²) in [5, 5.41) is 9.18. The SMILES string of the molecule is CC(C)c1cc(Oc2c(Cl)c(F)nc(OCC(N)=O)c2Cl)ccc1O. The van der Waals surface area contributed by atoms with Crippen LogP contribution in [-0.2, 0) is 4.79 Å². The third-order valence-corrected chi connectivity index (χ3v) is 3.82. The smallest absolute Gasteiger partial charge is 0.255 e. The molecule has 0 atom stereocenters. The number of pyridine rings is 1. The van der Waals surface area contributed by atoms with Gasteiger partial charge >= 0.3 is 0 Å². The van der Waals surface area contributed by atoms with Gasteiger partial charge in [-0.1, -0.05) is 37.0 Å². The van der Waals surface area contributed by atoms with Crippen molar-refractivity contribution in [3.05, 3.63) is 39.8 Å². The topological polar surface area (TPSA) is 94.7 Å². The van der Waals surface area contributed by atoms with E-state index in [1.54, 1.807) is 6.07 Å². The largest absolute Gasteiger partial charge is 0.508 e. The van der Waals surface area contributed by atoms with Crippen LogP contribution in [0.15, 0.2) is 18.2 Å². The maximum absolute atomic E-state index is 13.9. The quantitative estimate of drug-likeness (QED) is 0.728. The van der Waals surface area contributed by atoms with Crippen LogP contribution in [0.5, 0.6) is 23.1 Å². The number of aromatic hydroxyl groups is 1. The van der Waals surface area contributed by atoms with Gasteiger partial charge in [-0.3, -0.25) is 4.79 Å². The van der Waals surface area contributed by atoms with E-state index in [9.17, 15) is 14.3 Å². The molecule has 9 heteroatoms. The number of ether oxygens (including phenoxy) is 2. The van der Waals surface area contributed by atoms with Crippen LogP contribution in [0, 0.1) is 5.95 Å². The van der Waals surface area contributed by atoms with Gasteiger partial charge in [0.05, 0.1) is 0 Å². The summed E-state index contributed by atoms with van der Waals surface area (Å²) in [7, 11) is 0. The predicted octanol–water partition coefficient (Wildman–Crippen LogP) is 4.01. The number of primary amides is 1. The number of nitrogens with zero attached hydrogens (tertiary/aromatic N) is 1. The molecule has 0 aliphatic rings. The van der Waals surface area contributed by atoms with Crippen LogP contribution >= 0.6 is 23.2 Å². The number of phenolic OH excluding ortho intramolecular Hbond substituents is 1. The number of amides is 1. The van der Waals surface area contributed by atoms with Gasteiger partial charge in [0.1, 0.15) is 21.5 Å². The van der Waals surface area contributed by atoms with E-state index in [1.807, 2.05) is 13.8 Å². The molecular weight excluding hydrogens is 374 g/mol. The summed E-state index contributed by atoms with van der Waals surface area (Å²) in [6, 6.07) is 4.49. The Balaban J connectivity index is 2.42. The molecule has 0 fully saturated rings. The monoisotopic (exact) mass is 388 g/mol. The highest BCUT2D eigenvalue weighted by molar-refractivity contribution is 6.37. The molecule has 1 heterocycles. The summed E-state index contributed by atoms with van der Waals surface area (Å²) >= 11 is 12.0. The van der Waals surface area contributed by atoms with Gasteiger partial charge < -0.3 is 20.3 Å². The predicted molar refractivity (Wildman–Crippen MR) is 91.2 cm³/mol. The van der Waals surface area contributed by atoms with Gasteiger partial charge in [-0.2, -0.15) is 9.37 Å². The second-order valence-corrected chi connectivity index (χ2v) is 6.15. The van der Waals surface area contributed by atoms with Crippen LogP contribution in [0.4, 0.5) is 4.39 Å². The molecule has 0 saturated carbocycles. The minimum absolute atomic E-state index is 0.0260. The molecular formula is C16H15Cl2FN2O4. The molecule has 3 N–H and O–H groups in total. The number of phenols is 1. The molecule has 0 aliphatic carbocycles. The Kier molecular flexibility index (Phi) is 5.92. The summed E-state index contributed by atoms with van der Waals surface area (Å²) in [6.07, 6.45) is 0. The van der Waals surface area contributed by atoms with E-state index in [0.717, 1.165) is 0 Å². The van der Waals surface area contributed by atoms with Crippen molar-refractivity contribution in [1.29, 1.82) is 0 Å². The Morgan fingerprint density at radius 2 is 2.04 bits per heavy atom. The lowest BCUT2D eigenvalue weighted by molar-refractivity contribution is -0.120. The minimum Gasteiger partial charge on any atom is -0.508 e. The van der Waals surface area contributed by atoms with Crippen LogP contribution in [0.2, 0.25) is 10.0 Å². The number of hydrogen-bond donors (Lipinski definition) is 2. The standard InChI is InChI=1S/C16H15Cl2FN2O4/c1-7(2)9-5-8(3-4-10(9)22)25-14-12(17)15(19)21-16(13(14)18)24-6-11(20)23/h3-5,7,22H,6H2,1-2H3,(H2,20,23). The first kappa shape index (κ1) is 19.1. The van der Waals surface area contributed by atoms with Crippen molar-refractivity contribution >= 4 is 29.1 Å². The van der Waals surface area contributed by atoms with Crippen molar-refractivity contribution < 1.29 is 23.8 Å². The van der Waals surface area contributed by atoms with Crippen molar-refractivity contribution in [3.8, 4) is 23.1 Å². The van der Waals surface area contributed by atoms with Crippen LogP contribution in [0.25, 0.3) is 0 Å². The first-order valence-electron chi connectivity index (χ1n) is 7.17. The molecule has 1 aromatic heterocycles. The second kappa shape index (κ2) is 7.76. The van der Waals surface area contributed by atoms with Crippen LogP contribution in [0.3, 0.4) is 0 Å². The average molecular weight is 389 g/mol. The van der Waals surface area contributed by atoms with Gasteiger partial charge in [-0.05, 0) is 24.1 Å². The van der Waals surface area contributed by atoms with Crippen molar-refractivity contribution in [2.24, 2.45) is 5.73 Å². The molecule has 0 spiro atoms. The van der Waals surface area contributed by atoms with Crippen LogP contribution < -0.4 is 15.2 Å². The van der Waals surface area contributed by atoms with Crippen molar-refractivity contribution in [2.75, 3.05) is 6.61 Å². The number of nitrogens with two attached hydrogens (primary N) is 1. The maximum atomic E-state index is 13.9. The Bertz CT molecular complexity index is 815. The normalized spacial score (nSPS) is 10.8. The summed E-state index contributed by atoms with van der Waals surface area (Å²) in [5.41, 5.74) is 5.60. The third kappa shape index (κ3) is 4.43. The van der Waals surface area contributed by atoms with Crippen molar-refractivity contribution in [1.82, 2.24) is 4.98 Å².